The van der Waals surface area contributed by atoms with Crippen molar-refractivity contribution in [1.82, 2.24) is 0 Å². The summed E-state index contributed by atoms with van der Waals surface area (Å²) in [6.07, 6.45) is 2.68. The number of hydrogen-bond acceptors (Lipinski definition) is 3. The highest BCUT2D eigenvalue weighted by atomic mass is 16.6. The number of hydrogen-bond donors (Lipinski definition) is 0. The third kappa shape index (κ3) is 2.80. The van der Waals surface area contributed by atoms with E-state index in [0.29, 0.717) is 12.0 Å². The molecule has 1 aliphatic heterocycles. The van der Waals surface area contributed by atoms with Crippen LogP contribution in [0.3, 0.4) is 0 Å². The molecule has 2 aliphatic rings. The van der Waals surface area contributed by atoms with E-state index in [-0.39, 0.29) is 12.1 Å². The number of carbonyl (C=O) groups excluding carboxylic acids is 1. The summed E-state index contributed by atoms with van der Waals surface area (Å²) in [7, 11) is 0. The van der Waals surface area contributed by atoms with Crippen molar-refractivity contribution in [3.8, 4) is 11.1 Å². The van der Waals surface area contributed by atoms with Crippen molar-refractivity contribution in [1.29, 1.82) is 0 Å². The molecule has 2 atom stereocenters. The molecule has 1 saturated heterocycles. The minimum atomic E-state index is -0.893. The van der Waals surface area contributed by atoms with Gasteiger partial charge in [0.1, 0.15) is 0 Å². The zero-order valence-corrected chi connectivity index (χ0v) is 16.6. The van der Waals surface area contributed by atoms with Crippen LogP contribution < -0.4 is 0 Å². The molecular formula is C26H24O3. The predicted octanol–water partition coefficient (Wildman–Crippen LogP) is 5.75. The van der Waals surface area contributed by atoms with Gasteiger partial charge in [0.25, 0.3) is 0 Å². The molecule has 0 saturated carbocycles. The number of rotatable bonds is 4. The smallest absolute Gasteiger partial charge is 0.334 e. The highest BCUT2D eigenvalue weighted by Crippen LogP contribution is 2.52. The number of ether oxygens (including phenoxy) is 2. The quantitative estimate of drug-likeness (QED) is 0.424. The van der Waals surface area contributed by atoms with Crippen LogP contribution in [-0.4, -0.2) is 18.7 Å². The highest BCUT2D eigenvalue weighted by Gasteiger charge is 2.46. The maximum atomic E-state index is 12.9. The van der Waals surface area contributed by atoms with Gasteiger partial charge in [-0.1, -0.05) is 67.2 Å². The molecule has 0 amide bonds. The van der Waals surface area contributed by atoms with E-state index < -0.39 is 5.60 Å². The summed E-state index contributed by atoms with van der Waals surface area (Å²) in [6.45, 7) is 6.29. The summed E-state index contributed by atoms with van der Waals surface area (Å²) < 4.78 is 12.4. The number of esters is 1. The Hall–Kier alpha value is -2.91. The second-order valence-corrected chi connectivity index (χ2v) is 8.09. The first kappa shape index (κ1) is 18.1. The molecule has 3 aromatic rings. The van der Waals surface area contributed by atoms with Crippen LogP contribution in [0, 0.1) is 0 Å². The van der Waals surface area contributed by atoms with Crippen molar-refractivity contribution < 1.29 is 14.3 Å². The molecule has 0 radical (unpaired) electrons. The molecule has 3 aromatic carbocycles. The summed E-state index contributed by atoms with van der Waals surface area (Å²) in [5, 5.41) is 2.30. The Morgan fingerprint density at radius 3 is 2.55 bits per heavy atom. The summed E-state index contributed by atoms with van der Waals surface area (Å²) in [5.74, 6) is -0.366. The van der Waals surface area contributed by atoms with Crippen molar-refractivity contribution in [3.05, 3.63) is 83.9 Å². The minimum absolute atomic E-state index is 0.0569. The number of carbonyl (C=O) groups is 1. The van der Waals surface area contributed by atoms with Crippen molar-refractivity contribution in [2.45, 2.75) is 37.9 Å². The largest absolute Gasteiger partial charge is 0.446 e. The molecular weight excluding hydrogens is 360 g/mol. The van der Waals surface area contributed by atoms with Gasteiger partial charge in [-0.05, 0) is 41.7 Å². The van der Waals surface area contributed by atoms with Gasteiger partial charge in [-0.25, -0.2) is 4.79 Å². The van der Waals surface area contributed by atoms with Crippen molar-refractivity contribution >= 4 is 16.7 Å². The van der Waals surface area contributed by atoms with Gasteiger partial charge in [-0.2, -0.15) is 0 Å². The lowest BCUT2D eigenvalue weighted by atomic mass is 9.71. The summed E-state index contributed by atoms with van der Waals surface area (Å²) >= 11 is 0. The lowest BCUT2D eigenvalue weighted by Crippen LogP contribution is -2.39. The molecule has 1 heterocycles. The van der Waals surface area contributed by atoms with Crippen LogP contribution >= 0.6 is 0 Å². The van der Waals surface area contributed by atoms with Gasteiger partial charge in [0.05, 0.1) is 6.10 Å². The fraction of sp³-hybridized carbons (Fsp3) is 0.269. The molecule has 0 N–H and O–H groups in total. The predicted molar refractivity (Wildman–Crippen MR) is 115 cm³/mol. The summed E-state index contributed by atoms with van der Waals surface area (Å²) in [6, 6.07) is 20.9. The van der Waals surface area contributed by atoms with E-state index in [0.717, 1.165) is 46.9 Å². The average molecular weight is 384 g/mol. The fourth-order valence-electron chi connectivity index (χ4n) is 4.86. The Kier molecular flexibility index (Phi) is 4.29. The topological polar surface area (TPSA) is 35.5 Å². The maximum absolute atomic E-state index is 12.9. The lowest BCUT2D eigenvalue weighted by Gasteiger charge is -2.41. The van der Waals surface area contributed by atoms with E-state index in [4.69, 9.17) is 9.47 Å². The van der Waals surface area contributed by atoms with Gasteiger partial charge in [-0.3, -0.25) is 0 Å². The first-order chi connectivity index (χ1) is 14.1. The van der Waals surface area contributed by atoms with Gasteiger partial charge in [-0.15, -0.1) is 0 Å². The van der Waals surface area contributed by atoms with Crippen LogP contribution in [0.5, 0.6) is 0 Å². The summed E-state index contributed by atoms with van der Waals surface area (Å²) in [4.78, 5) is 12.9. The monoisotopic (exact) mass is 384 g/mol. The minimum Gasteiger partial charge on any atom is -0.446 e. The number of benzene rings is 3. The van der Waals surface area contributed by atoms with Crippen LogP contribution in [0.2, 0.25) is 0 Å². The molecule has 3 nitrogen and oxygen atoms in total. The summed E-state index contributed by atoms with van der Waals surface area (Å²) in [5.41, 5.74) is 3.87. The Morgan fingerprint density at radius 1 is 1.07 bits per heavy atom. The highest BCUT2D eigenvalue weighted by molar-refractivity contribution is 6.03. The first-order valence-electron chi connectivity index (χ1n) is 10.2. The second-order valence-electron chi connectivity index (χ2n) is 8.09. The molecule has 2 unspecified atom stereocenters. The van der Waals surface area contributed by atoms with Gasteiger partial charge < -0.3 is 9.47 Å². The molecule has 5 rings (SSSR count). The van der Waals surface area contributed by atoms with E-state index in [2.05, 4.69) is 49.0 Å². The van der Waals surface area contributed by atoms with Gasteiger partial charge in [0.2, 0.25) is 0 Å². The van der Waals surface area contributed by atoms with Gasteiger partial charge in [0, 0.05) is 29.7 Å². The molecule has 29 heavy (non-hydrogen) atoms. The fourth-order valence-corrected chi connectivity index (χ4v) is 4.86. The standard InChI is InChI=1S/C26H24O3/c1-17(2)25(27)29-26(16-19-10-7-15-28-19)22-13-4-3-11-20(22)21-12-5-8-18-9-6-14-23(26)24(18)21/h3-6,8-9,11-14,19H,1,7,10,15-16H2,2H3. The van der Waals surface area contributed by atoms with Crippen LogP contribution in [0.4, 0.5) is 0 Å². The third-order valence-electron chi connectivity index (χ3n) is 6.15. The maximum Gasteiger partial charge on any atom is 0.334 e. The van der Waals surface area contributed by atoms with Crippen molar-refractivity contribution in [3.63, 3.8) is 0 Å². The van der Waals surface area contributed by atoms with Crippen molar-refractivity contribution in [2.24, 2.45) is 0 Å². The molecule has 0 spiro atoms. The Labute approximate surface area is 171 Å². The molecule has 1 fully saturated rings. The van der Waals surface area contributed by atoms with Gasteiger partial charge in [0.15, 0.2) is 5.60 Å². The van der Waals surface area contributed by atoms with E-state index in [1.165, 1.54) is 5.56 Å². The Bertz CT molecular complexity index is 1120. The van der Waals surface area contributed by atoms with Crippen LogP contribution in [0.1, 0.15) is 37.3 Å². The Balaban J connectivity index is 1.83. The van der Waals surface area contributed by atoms with Gasteiger partial charge >= 0.3 is 5.97 Å². The van der Waals surface area contributed by atoms with Crippen LogP contribution in [0.15, 0.2) is 72.8 Å². The Morgan fingerprint density at radius 2 is 1.79 bits per heavy atom. The second kappa shape index (κ2) is 6.85. The van der Waals surface area contributed by atoms with E-state index >= 15 is 0 Å². The SMILES string of the molecule is C=C(C)C(=O)OC1(CC2CCCO2)c2ccccc2-c2cccc3cccc1c23. The third-order valence-corrected chi connectivity index (χ3v) is 6.15. The van der Waals surface area contributed by atoms with E-state index in [1.54, 1.807) is 6.92 Å². The molecule has 146 valence electrons. The lowest BCUT2D eigenvalue weighted by molar-refractivity contribution is -0.154. The molecule has 0 bridgehead atoms. The zero-order valence-electron chi connectivity index (χ0n) is 16.6. The van der Waals surface area contributed by atoms with Crippen LogP contribution in [-0.2, 0) is 19.9 Å². The van der Waals surface area contributed by atoms with Crippen LogP contribution in [0.25, 0.3) is 21.9 Å². The normalized spacial score (nSPS) is 22.3. The van der Waals surface area contributed by atoms with E-state index in [9.17, 15) is 4.79 Å². The molecule has 1 aliphatic carbocycles. The molecule has 0 aromatic heterocycles. The first-order valence-corrected chi connectivity index (χ1v) is 10.2. The average Bonchev–Trinajstić information content (AvgIpc) is 3.24. The van der Waals surface area contributed by atoms with E-state index in [1.807, 2.05) is 18.2 Å². The number of fused-ring (bicyclic) bond motifs is 2. The molecule has 3 heteroatoms. The zero-order chi connectivity index (χ0) is 20.0. The van der Waals surface area contributed by atoms with Crippen molar-refractivity contribution in [2.75, 3.05) is 6.61 Å².